The Morgan fingerprint density at radius 1 is 0.333 bits per heavy atom. The number of Topliss-reactive ketones (excluding diaryl/α,β-unsaturated/α-hetero) is 6. The lowest BCUT2D eigenvalue weighted by Crippen LogP contribution is -2.46. The van der Waals surface area contributed by atoms with Gasteiger partial charge in [0, 0.05) is 258 Å². The highest BCUT2D eigenvalue weighted by atomic mass is 16.5. The summed E-state index contributed by atoms with van der Waals surface area (Å²) in [6, 6.07) is -4.53. The molecule has 141 heavy (non-hydrogen) atoms. The SMILES string of the molecule is [2H]C([2H])([2H])C([2H])(C([2H])([2H])C)C([2H])([2H])C1([2H])C(=O)C([2H])([2H])C2([2H])c3cc(OC)c(OC)cc3C([2H])([2H])C([2H])([2H])N2C1([2H])[2H].[2H]C1([2H])C(=O)C([2H])(CC(C)C)C([2H])([2H])N2C([2H])([2H])C([2H])([2H])c3cc(OC)c(OC)cc3C21[2H].[2H]C12CC(=O)C(C([2H])([2H])C([2H])(C([2H])([2H])[2H])C([2H])([2H])C)C([2H])([2H])N1C([2H])([2H])C([2H])([2H])c1cc(OC)c(OC)cc12.[2H]c1c2c(c([2H])c(OC)c1OC)C1CC(=O)C(C([2H])([2H])C([2H])(C([2H])([2H])[2H])C([2H])([2H])C)CN1CC2.[2H]c1c2c(c([2H])c(OC)c1OC)C1CC(=O)C(CC(C)C)CN1CC2.[2H]c1c2c(c([2H])c(OC)c1OC)C1N(CC2)CC([2H])(CC(C)C)C(=O)C1([2H])[2H]. The summed E-state index contributed by atoms with van der Waals surface area (Å²) in [5, 5.41) is 0. The van der Waals surface area contributed by atoms with Gasteiger partial charge in [-0.05, 0) is 252 Å². The van der Waals surface area contributed by atoms with Crippen LogP contribution in [0.4, 0.5) is 0 Å². The van der Waals surface area contributed by atoms with Gasteiger partial charge in [0.25, 0.3) is 0 Å². The molecule has 6 aromatic rings. The molecule has 12 heterocycles. The standard InChI is InChI=1S/3C20H29NO3.3C19H27NO3/c3*1-5-13(2)8-15-12-21-7-6-14-9-19(23-3)20(24-4)10-16(14)17(21)11-18(15)22;3*1-12(2)7-14-11-20-6-5-13-8-18(22-3)19(23-4)9-15(13)16(20)10-17(14)21/h3*9-10,13,15,17H,5-8,11-12H2,1-4H3;3*8-9,12,14,16H,5-7,10-11H2,1-4H3/i2D3,5D2,6D2,7D2,8D2,11D2,12D2,13D,15D,17D;2D3,5D2,6D2,7D2,8D2,12D2,13D,17D;2D3,5D2,8D2,9D,10D,13D;5D2,6D2,10D2,11D2,14D,16D;8D,9D,10D2,14D;8D,9D. The predicted molar refractivity (Wildman–Crippen MR) is 555 cm³/mol. The molecule has 774 valence electrons. The number of carbonyl (C=O) groups is 6. The van der Waals surface area contributed by atoms with Crippen LogP contribution in [-0.4, -0.2) is 228 Å². The molecule has 0 aromatic heterocycles. The minimum atomic E-state index is -4.49. The third-order valence-corrected chi connectivity index (χ3v) is 25.0. The second kappa shape index (κ2) is 50.0. The molecule has 0 spiro atoms. The Morgan fingerprint density at radius 3 is 1.05 bits per heavy atom. The summed E-state index contributed by atoms with van der Waals surface area (Å²) in [5.41, 5.74) is 0.0409. The molecule has 0 aliphatic carbocycles. The summed E-state index contributed by atoms with van der Waals surface area (Å²) < 4.78 is 571. The van der Waals surface area contributed by atoms with Crippen molar-refractivity contribution in [1.29, 1.82) is 0 Å². The molecule has 12 aliphatic rings. The summed E-state index contributed by atoms with van der Waals surface area (Å²) in [6.07, 6.45) is -38.6. The number of aryl methyl sites for hydroxylation is 3. The number of ketones is 6. The normalized spacial score (nSPS) is 39.8. The Bertz CT molecular complexity index is 8360. The van der Waals surface area contributed by atoms with Gasteiger partial charge in [0.15, 0.2) is 69.0 Å². The third kappa shape index (κ3) is 25.6. The van der Waals surface area contributed by atoms with E-state index in [-0.39, 0.29) is 153 Å². The molecule has 0 radical (unpaired) electrons. The van der Waals surface area contributed by atoms with E-state index in [2.05, 4.69) is 18.7 Å². The number of hydrogen-bond donors (Lipinski definition) is 0. The van der Waals surface area contributed by atoms with Crippen LogP contribution in [0.15, 0.2) is 72.7 Å². The Hall–Kier alpha value is -9.30. The summed E-state index contributed by atoms with van der Waals surface area (Å²) >= 11 is 0. The zero-order chi connectivity index (χ0) is 155. The van der Waals surface area contributed by atoms with E-state index in [1.165, 1.54) is 71.1 Å². The Kier molecular flexibility index (Phi) is 19.2. The highest BCUT2D eigenvalue weighted by molar-refractivity contribution is 5.86. The highest BCUT2D eigenvalue weighted by Crippen LogP contribution is 2.51. The number of piperidine rings is 6. The first-order valence-electron chi connectivity index (χ1n) is 76.1. The average molecular weight is 2010 g/mol. The molecule has 18 rings (SSSR count). The van der Waals surface area contributed by atoms with E-state index in [4.69, 9.17) is 136 Å². The molecule has 12 aliphatic heterocycles. The fourth-order valence-corrected chi connectivity index (χ4v) is 18.0. The fraction of sp³-hybridized carbons (Fsp3) is 0.641. The molecule has 6 saturated heterocycles. The van der Waals surface area contributed by atoms with Gasteiger partial charge >= 0.3 is 0 Å². The van der Waals surface area contributed by atoms with Crippen LogP contribution < -0.4 is 56.8 Å². The van der Waals surface area contributed by atoms with Crippen LogP contribution >= 0.6 is 0 Å². The van der Waals surface area contributed by atoms with Gasteiger partial charge in [-0.3, -0.25) is 58.2 Å². The van der Waals surface area contributed by atoms with Crippen molar-refractivity contribution in [3.8, 4) is 69.0 Å². The molecule has 0 N–H and O–H groups in total. The van der Waals surface area contributed by atoms with Crippen molar-refractivity contribution in [2.45, 2.75) is 253 Å². The van der Waals surface area contributed by atoms with Crippen molar-refractivity contribution in [2.75, 3.05) is 164 Å². The molecule has 0 bridgehead atoms. The number of benzene rings is 6. The van der Waals surface area contributed by atoms with Crippen LogP contribution in [0, 0.1) is 70.9 Å². The molecule has 15 unspecified atom stereocenters. The van der Waals surface area contributed by atoms with Crippen LogP contribution in [0.1, 0.15) is 364 Å². The quantitative estimate of drug-likeness (QED) is 0.0466. The smallest absolute Gasteiger partial charge is 0.161 e. The largest absolute Gasteiger partial charge is 0.493 e. The monoisotopic (exact) mass is 2010 g/mol. The maximum absolute atomic E-state index is 14.0. The molecular weight excluding hydrogens is 1780 g/mol. The van der Waals surface area contributed by atoms with Gasteiger partial charge in [-0.25, -0.2) is 0 Å². The molecule has 6 aromatic carbocycles. The summed E-state index contributed by atoms with van der Waals surface area (Å²) in [7, 11) is 15.7. The molecular formula is C117H168N6O18. The van der Waals surface area contributed by atoms with Crippen LogP contribution in [0.3, 0.4) is 0 Å². The minimum absolute atomic E-state index is 0.00618. The summed E-state index contributed by atoms with van der Waals surface area (Å²) in [6.45, 7) is -17.5. The predicted octanol–water partition coefficient (Wildman–Crippen LogP) is 20.6. The van der Waals surface area contributed by atoms with Crippen molar-refractivity contribution in [3.05, 3.63) is 139 Å². The van der Waals surface area contributed by atoms with Crippen LogP contribution in [0.25, 0.3) is 0 Å². The van der Waals surface area contributed by atoms with E-state index in [0.29, 0.717) is 98.3 Å². The van der Waals surface area contributed by atoms with E-state index in [9.17, 15) is 31.5 Å². The number of carbonyl (C=O) groups excluding carboxylic acids is 6. The van der Waals surface area contributed by atoms with Crippen molar-refractivity contribution < 1.29 is 168 Å². The molecule has 24 nitrogen and oxygen atoms in total. The van der Waals surface area contributed by atoms with E-state index >= 15 is 0 Å². The maximum Gasteiger partial charge on any atom is 0.161 e. The minimum Gasteiger partial charge on any atom is -0.493 e. The zero-order valence-corrected chi connectivity index (χ0v) is 83.3. The number of rotatable bonds is 27. The molecule has 0 amide bonds. The van der Waals surface area contributed by atoms with Gasteiger partial charge in [-0.2, -0.15) is 0 Å². The highest BCUT2D eigenvalue weighted by Gasteiger charge is 2.47. The average Bonchev–Trinajstić information content (AvgIpc) is 0.633. The number of methoxy groups -OCH3 is 12. The maximum atomic E-state index is 14.0. The fourth-order valence-electron chi connectivity index (χ4n) is 18.0. The Labute approximate surface area is 926 Å². The number of fused-ring (bicyclic) bond motifs is 18. The zero-order valence-electron chi connectivity index (χ0n) is 143. The van der Waals surface area contributed by atoms with E-state index in [0.717, 1.165) is 88.2 Å². The van der Waals surface area contributed by atoms with Crippen molar-refractivity contribution in [1.82, 2.24) is 29.4 Å². The molecule has 24 heteroatoms. The van der Waals surface area contributed by atoms with Gasteiger partial charge in [-0.15, -0.1) is 0 Å². The van der Waals surface area contributed by atoms with E-state index < -0.39 is 294 Å². The first kappa shape index (κ1) is 54.2. The second-order valence-electron chi connectivity index (χ2n) is 35.4. The van der Waals surface area contributed by atoms with Gasteiger partial charge < -0.3 is 56.8 Å². The van der Waals surface area contributed by atoms with Gasteiger partial charge in [-0.1, -0.05) is 102 Å². The molecule has 0 saturated carbocycles. The Balaban J connectivity index is 0.000000195. The molecule has 15 atom stereocenters. The Morgan fingerprint density at radius 2 is 0.652 bits per heavy atom. The third-order valence-electron chi connectivity index (χ3n) is 25.0. The summed E-state index contributed by atoms with van der Waals surface area (Å²) in [5.74, 6) is -30.0. The number of nitrogens with zero attached hydrogens (tertiary/aromatic N) is 6. The van der Waals surface area contributed by atoms with Crippen molar-refractivity contribution in [3.63, 3.8) is 0 Å². The lowest BCUT2D eigenvalue weighted by molar-refractivity contribution is -0.130. The lowest BCUT2D eigenvalue weighted by atomic mass is 9.79. The van der Waals surface area contributed by atoms with Crippen molar-refractivity contribution in [2.24, 2.45) is 70.9 Å². The lowest BCUT2D eigenvalue weighted by Gasteiger charge is -2.43. The van der Waals surface area contributed by atoms with Crippen molar-refractivity contribution >= 4 is 34.7 Å². The van der Waals surface area contributed by atoms with E-state index in [1.807, 2.05) is 13.8 Å². The van der Waals surface area contributed by atoms with Gasteiger partial charge in [0.2, 0.25) is 0 Å². The van der Waals surface area contributed by atoms with Crippen LogP contribution in [0.5, 0.6) is 69.0 Å². The van der Waals surface area contributed by atoms with E-state index in [1.54, 1.807) is 23.6 Å². The second-order valence-corrected chi connectivity index (χ2v) is 35.4. The van der Waals surface area contributed by atoms with Crippen LogP contribution in [-0.2, 0) is 67.1 Å². The first-order chi connectivity index (χ1) is 90.7. The summed E-state index contributed by atoms with van der Waals surface area (Å²) in [4.78, 5) is 85.6. The number of hydrogen-bond acceptors (Lipinski definition) is 24. The van der Waals surface area contributed by atoms with Gasteiger partial charge in [0.1, 0.15) is 34.7 Å². The van der Waals surface area contributed by atoms with Gasteiger partial charge in [0.05, 0.1) is 97.7 Å². The topological polar surface area (TPSA) is 233 Å². The number of ether oxygens (including phenoxy) is 12. The van der Waals surface area contributed by atoms with Crippen LogP contribution in [0.2, 0.25) is 0 Å². The first-order valence-corrected chi connectivity index (χ1v) is 46.1. The molecule has 6 fully saturated rings.